The third-order valence-electron chi connectivity index (χ3n) is 2.66. The molecule has 1 aromatic rings. The lowest BCUT2D eigenvalue weighted by Crippen LogP contribution is -2.16. The Bertz CT molecular complexity index is 409. The van der Waals surface area contributed by atoms with Gasteiger partial charge in [0.2, 0.25) is 0 Å². The molecular formula is C13H17BrF3NO. The second kappa shape index (κ2) is 7.03. The first-order chi connectivity index (χ1) is 8.81. The van der Waals surface area contributed by atoms with Crippen molar-refractivity contribution in [1.29, 1.82) is 0 Å². The second-order valence-electron chi connectivity index (χ2n) is 4.40. The van der Waals surface area contributed by atoms with Crippen LogP contribution in [0, 0.1) is 0 Å². The monoisotopic (exact) mass is 339 g/mol. The van der Waals surface area contributed by atoms with Crippen LogP contribution >= 0.6 is 15.9 Å². The maximum Gasteiger partial charge on any atom is 0.389 e. The van der Waals surface area contributed by atoms with E-state index in [9.17, 15) is 13.2 Å². The Kier molecular flexibility index (Phi) is 5.97. The molecule has 0 bridgehead atoms. The van der Waals surface area contributed by atoms with E-state index in [0.29, 0.717) is 6.42 Å². The van der Waals surface area contributed by atoms with E-state index in [1.165, 1.54) is 0 Å². The molecule has 0 aliphatic rings. The summed E-state index contributed by atoms with van der Waals surface area (Å²) in [5.74, 6) is 0.718. The normalized spacial score (nSPS) is 13.2. The van der Waals surface area contributed by atoms with E-state index in [1.807, 2.05) is 19.1 Å². The predicted octanol–water partition coefficient (Wildman–Crippen LogP) is 4.99. The topological polar surface area (TPSA) is 21.3 Å². The largest absolute Gasteiger partial charge is 0.496 e. The Morgan fingerprint density at radius 1 is 1.37 bits per heavy atom. The molecule has 0 saturated heterocycles. The summed E-state index contributed by atoms with van der Waals surface area (Å²) in [5.41, 5.74) is 0.854. The number of hydrogen-bond donors (Lipinski definition) is 1. The van der Waals surface area contributed by atoms with Gasteiger partial charge in [0.1, 0.15) is 5.75 Å². The predicted molar refractivity (Wildman–Crippen MR) is 73.7 cm³/mol. The van der Waals surface area contributed by atoms with Gasteiger partial charge in [-0.3, -0.25) is 0 Å². The Labute approximate surface area is 119 Å². The fourth-order valence-electron chi connectivity index (χ4n) is 1.72. The van der Waals surface area contributed by atoms with Gasteiger partial charge in [-0.1, -0.05) is 0 Å². The van der Waals surface area contributed by atoms with Crippen LogP contribution < -0.4 is 10.1 Å². The molecule has 6 heteroatoms. The average molecular weight is 340 g/mol. The maximum absolute atomic E-state index is 12.0. The van der Waals surface area contributed by atoms with Crippen molar-refractivity contribution in [2.45, 2.75) is 38.4 Å². The number of ether oxygens (including phenoxy) is 1. The van der Waals surface area contributed by atoms with Crippen LogP contribution in [-0.2, 0) is 0 Å². The molecular weight excluding hydrogens is 323 g/mol. The molecule has 0 aliphatic heterocycles. The van der Waals surface area contributed by atoms with E-state index in [2.05, 4.69) is 21.2 Å². The van der Waals surface area contributed by atoms with Crippen molar-refractivity contribution in [3.8, 4) is 5.75 Å². The highest BCUT2D eigenvalue weighted by Gasteiger charge is 2.26. The molecule has 108 valence electrons. The van der Waals surface area contributed by atoms with Crippen LogP contribution in [0.15, 0.2) is 22.7 Å². The fourth-order valence-corrected chi connectivity index (χ4v) is 2.26. The van der Waals surface area contributed by atoms with Gasteiger partial charge >= 0.3 is 6.18 Å². The molecule has 1 atom stereocenters. The van der Waals surface area contributed by atoms with Crippen molar-refractivity contribution in [1.82, 2.24) is 0 Å². The number of hydrogen-bond acceptors (Lipinski definition) is 2. The van der Waals surface area contributed by atoms with E-state index in [4.69, 9.17) is 4.74 Å². The third-order valence-corrected chi connectivity index (χ3v) is 3.28. The lowest BCUT2D eigenvalue weighted by Gasteiger charge is -2.16. The van der Waals surface area contributed by atoms with Crippen LogP contribution in [0.1, 0.15) is 26.2 Å². The highest BCUT2D eigenvalue weighted by atomic mass is 79.9. The van der Waals surface area contributed by atoms with Gasteiger partial charge in [-0.15, -0.1) is 0 Å². The van der Waals surface area contributed by atoms with Crippen LogP contribution in [0.25, 0.3) is 0 Å². The Morgan fingerprint density at radius 3 is 2.58 bits per heavy atom. The summed E-state index contributed by atoms with van der Waals surface area (Å²) >= 11 is 3.36. The van der Waals surface area contributed by atoms with Crippen molar-refractivity contribution >= 4 is 21.6 Å². The van der Waals surface area contributed by atoms with E-state index < -0.39 is 12.6 Å². The van der Waals surface area contributed by atoms with Gasteiger partial charge in [0.05, 0.1) is 11.6 Å². The minimum Gasteiger partial charge on any atom is -0.496 e. The van der Waals surface area contributed by atoms with Crippen molar-refractivity contribution in [2.75, 3.05) is 12.4 Å². The minimum absolute atomic E-state index is 0.0114. The number of rotatable bonds is 6. The molecule has 0 radical (unpaired) electrons. The molecule has 1 unspecified atom stereocenters. The Morgan fingerprint density at radius 2 is 2.05 bits per heavy atom. The highest BCUT2D eigenvalue weighted by Crippen LogP contribution is 2.28. The standard InChI is InChI=1S/C13H17BrF3NO/c1-9(4-3-7-13(15,16)17)18-10-5-6-12(19-2)11(14)8-10/h5-6,8-9,18H,3-4,7H2,1-2H3. The zero-order valence-electron chi connectivity index (χ0n) is 10.9. The van der Waals surface area contributed by atoms with Gasteiger partial charge in [0.25, 0.3) is 0 Å². The number of halogens is 4. The lowest BCUT2D eigenvalue weighted by atomic mass is 10.1. The Balaban J connectivity index is 2.44. The summed E-state index contributed by atoms with van der Waals surface area (Å²) in [7, 11) is 1.58. The third kappa shape index (κ3) is 6.18. The summed E-state index contributed by atoms with van der Waals surface area (Å²) in [6, 6.07) is 5.47. The molecule has 0 amide bonds. The van der Waals surface area contributed by atoms with Gasteiger partial charge in [0, 0.05) is 18.2 Å². The molecule has 0 aromatic heterocycles. The number of nitrogens with one attached hydrogen (secondary N) is 1. The molecule has 1 aromatic carbocycles. The van der Waals surface area contributed by atoms with Gasteiger partial charge < -0.3 is 10.1 Å². The van der Waals surface area contributed by atoms with E-state index in [-0.39, 0.29) is 12.5 Å². The van der Waals surface area contributed by atoms with Gasteiger partial charge in [-0.2, -0.15) is 13.2 Å². The molecule has 0 heterocycles. The summed E-state index contributed by atoms with van der Waals surface area (Å²) in [5, 5.41) is 3.17. The summed E-state index contributed by atoms with van der Waals surface area (Å²) in [6.45, 7) is 1.87. The molecule has 1 rings (SSSR count). The number of alkyl halides is 3. The van der Waals surface area contributed by atoms with Crippen molar-refractivity contribution < 1.29 is 17.9 Å². The molecule has 0 spiro atoms. The molecule has 0 aliphatic carbocycles. The summed E-state index contributed by atoms with van der Waals surface area (Å²) in [4.78, 5) is 0. The summed E-state index contributed by atoms with van der Waals surface area (Å²) < 4.78 is 42.0. The van der Waals surface area contributed by atoms with Gasteiger partial charge in [0.15, 0.2) is 0 Å². The number of benzene rings is 1. The second-order valence-corrected chi connectivity index (χ2v) is 5.26. The molecule has 0 fully saturated rings. The van der Waals surface area contributed by atoms with E-state index >= 15 is 0 Å². The lowest BCUT2D eigenvalue weighted by molar-refractivity contribution is -0.135. The molecule has 0 saturated carbocycles. The van der Waals surface area contributed by atoms with Crippen LogP contribution in [0.4, 0.5) is 18.9 Å². The quantitative estimate of drug-likeness (QED) is 0.788. The van der Waals surface area contributed by atoms with Crippen LogP contribution in [0.3, 0.4) is 0 Å². The first-order valence-corrected chi connectivity index (χ1v) is 6.78. The first kappa shape index (κ1) is 16.1. The zero-order valence-corrected chi connectivity index (χ0v) is 12.4. The zero-order chi connectivity index (χ0) is 14.5. The van der Waals surface area contributed by atoms with Crippen molar-refractivity contribution in [2.24, 2.45) is 0 Å². The van der Waals surface area contributed by atoms with E-state index in [1.54, 1.807) is 13.2 Å². The first-order valence-electron chi connectivity index (χ1n) is 5.98. The van der Waals surface area contributed by atoms with Crippen LogP contribution in [0.5, 0.6) is 5.75 Å². The maximum atomic E-state index is 12.0. The number of methoxy groups -OCH3 is 1. The van der Waals surface area contributed by atoms with Gasteiger partial charge in [-0.05, 0) is 53.9 Å². The summed E-state index contributed by atoms with van der Waals surface area (Å²) in [6.07, 6.45) is -4.19. The highest BCUT2D eigenvalue weighted by molar-refractivity contribution is 9.10. The molecule has 19 heavy (non-hydrogen) atoms. The smallest absolute Gasteiger partial charge is 0.389 e. The Hall–Kier alpha value is -0.910. The SMILES string of the molecule is COc1ccc(NC(C)CCCC(F)(F)F)cc1Br. The van der Waals surface area contributed by atoms with Crippen molar-refractivity contribution in [3.05, 3.63) is 22.7 Å². The van der Waals surface area contributed by atoms with Crippen LogP contribution in [0.2, 0.25) is 0 Å². The number of anilines is 1. The fraction of sp³-hybridized carbons (Fsp3) is 0.538. The van der Waals surface area contributed by atoms with Crippen LogP contribution in [-0.4, -0.2) is 19.3 Å². The van der Waals surface area contributed by atoms with Crippen molar-refractivity contribution in [3.63, 3.8) is 0 Å². The van der Waals surface area contributed by atoms with E-state index in [0.717, 1.165) is 15.9 Å². The average Bonchev–Trinajstić information content (AvgIpc) is 2.27. The molecule has 2 nitrogen and oxygen atoms in total. The molecule has 1 N–H and O–H groups in total. The minimum atomic E-state index is -4.07. The van der Waals surface area contributed by atoms with Gasteiger partial charge in [-0.25, -0.2) is 0 Å².